The Morgan fingerprint density at radius 1 is 0.905 bits per heavy atom. The van der Waals surface area contributed by atoms with Gasteiger partial charge in [-0.3, -0.25) is 13.9 Å². The fourth-order valence-electron chi connectivity index (χ4n) is 4.50. The number of rotatable bonds is 15. The fourth-order valence-corrected chi connectivity index (χ4v) is 5.95. The number of benzene rings is 3. The maximum absolute atomic E-state index is 14.3. The van der Waals surface area contributed by atoms with Crippen molar-refractivity contribution in [2.45, 2.75) is 64.1 Å². The lowest BCUT2D eigenvalue weighted by molar-refractivity contribution is -0.140. The smallest absolute Gasteiger partial charge is 0.264 e. The minimum Gasteiger partial charge on any atom is -0.497 e. The van der Waals surface area contributed by atoms with Gasteiger partial charge in [-0.25, -0.2) is 8.42 Å². The molecule has 0 unspecified atom stereocenters. The normalized spacial score (nSPS) is 12.6. The van der Waals surface area contributed by atoms with Crippen LogP contribution in [0.4, 0.5) is 5.69 Å². The molecule has 0 saturated carbocycles. The zero-order valence-electron chi connectivity index (χ0n) is 24.9. The van der Waals surface area contributed by atoms with Crippen LogP contribution < -0.4 is 19.1 Å². The van der Waals surface area contributed by atoms with Crippen LogP contribution in [0, 0.1) is 0 Å². The van der Waals surface area contributed by atoms with Gasteiger partial charge in [-0.05, 0) is 68.7 Å². The SMILES string of the molecule is CCOc1ccccc1N(CC(=O)N(Cc1cccc(OC)c1)[C@@H](CC)C(=O)N[C@H](C)CC)S(=O)(=O)c1ccccc1. The Labute approximate surface area is 249 Å². The Bertz CT molecular complexity index is 1430. The van der Waals surface area contributed by atoms with Crippen LogP contribution in [-0.2, 0) is 26.2 Å². The highest BCUT2D eigenvalue weighted by Gasteiger charge is 2.35. The van der Waals surface area contributed by atoms with Crippen LogP contribution in [0.2, 0.25) is 0 Å². The van der Waals surface area contributed by atoms with Crippen LogP contribution in [-0.4, -0.2) is 57.5 Å². The van der Waals surface area contributed by atoms with E-state index in [1.54, 1.807) is 68.6 Å². The average Bonchev–Trinajstić information content (AvgIpc) is 3.00. The van der Waals surface area contributed by atoms with Crippen LogP contribution in [0.3, 0.4) is 0 Å². The third-order valence-electron chi connectivity index (χ3n) is 6.92. The summed E-state index contributed by atoms with van der Waals surface area (Å²) in [6.07, 6.45) is 1.06. The highest BCUT2D eigenvalue weighted by molar-refractivity contribution is 7.92. The molecular formula is C32H41N3O6S. The topological polar surface area (TPSA) is 105 Å². The van der Waals surface area contributed by atoms with Crippen molar-refractivity contribution in [3.63, 3.8) is 0 Å². The van der Waals surface area contributed by atoms with Gasteiger partial charge in [-0.15, -0.1) is 0 Å². The van der Waals surface area contributed by atoms with E-state index in [2.05, 4.69) is 5.32 Å². The second-order valence-electron chi connectivity index (χ2n) is 9.84. The van der Waals surface area contributed by atoms with Crippen LogP contribution >= 0.6 is 0 Å². The van der Waals surface area contributed by atoms with Crippen molar-refractivity contribution in [3.8, 4) is 11.5 Å². The maximum atomic E-state index is 14.3. The first-order chi connectivity index (χ1) is 20.2. The summed E-state index contributed by atoms with van der Waals surface area (Å²) in [4.78, 5) is 29.2. The summed E-state index contributed by atoms with van der Waals surface area (Å²) in [7, 11) is -2.64. The maximum Gasteiger partial charge on any atom is 0.264 e. The van der Waals surface area contributed by atoms with E-state index in [4.69, 9.17) is 9.47 Å². The summed E-state index contributed by atoms with van der Waals surface area (Å²) in [5.74, 6) is 0.106. The number of anilines is 1. The molecule has 0 bridgehead atoms. The highest BCUT2D eigenvalue weighted by atomic mass is 32.2. The van der Waals surface area contributed by atoms with E-state index in [1.165, 1.54) is 17.0 Å². The summed E-state index contributed by atoms with van der Waals surface area (Å²) in [5, 5.41) is 2.98. The van der Waals surface area contributed by atoms with Gasteiger partial charge in [0.15, 0.2) is 0 Å². The molecule has 0 spiro atoms. The number of carbonyl (C=O) groups is 2. The predicted molar refractivity (Wildman–Crippen MR) is 164 cm³/mol. The first kappa shape index (κ1) is 32.5. The summed E-state index contributed by atoms with van der Waals surface area (Å²) < 4.78 is 40.3. The number of nitrogens with one attached hydrogen (secondary N) is 1. The van der Waals surface area contributed by atoms with Crippen molar-refractivity contribution < 1.29 is 27.5 Å². The summed E-state index contributed by atoms with van der Waals surface area (Å²) in [5.41, 5.74) is 0.972. The zero-order chi connectivity index (χ0) is 30.7. The molecule has 0 aliphatic rings. The van der Waals surface area contributed by atoms with Gasteiger partial charge in [0.05, 0.1) is 24.3 Å². The largest absolute Gasteiger partial charge is 0.497 e. The Kier molecular flexibility index (Phi) is 11.8. The number of para-hydroxylation sites is 2. The molecule has 0 heterocycles. The molecule has 2 amide bonds. The van der Waals surface area contributed by atoms with Crippen molar-refractivity contribution in [1.82, 2.24) is 10.2 Å². The van der Waals surface area contributed by atoms with Crippen molar-refractivity contribution in [2.24, 2.45) is 0 Å². The number of carbonyl (C=O) groups excluding carboxylic acids is 2. The quantitative estimate of drug-likeness (QED) is 0.265. The molecule has 1 N–H and O–H groups in total. The monoisotopic (exact) mass is 595 g/mol. The molecule has 0 aliphatic carbocycles. The standard InChI is InChI=1S/C32H41N3O6S/c1-6-24(4)33-32(37)28(7-2)34(22-25-15-14-16-26(21-25)40-5)31(36)23-35(29-19-12-13-20-30(29)41-8-3)42(38,39)27-17-10-9-11-18-27/h9-21,24,28H,6-8,22-23H2,1-5H3,(H,33,37)/t24-,28+/m1/s1. The zero-order valence-corrected chi connectivity index (χ0v) is 25.8. The molecule has 42 heavy (non-hydrogen) atoms. The van der Waals surface area contributed by atoms with E-state index in [1.807, 2.05) is 32.9 Å². The predicted octanol–water partition coefficient (Wildman–Crippen LogP) is 5.01. The molecule has 0 fully saturated rings. The van der Waals surface area contributed by atoms with Gasteiger partial charge in [0, 0.05) is 12.6 Å². The second-order valence-corrected chi connectivity index (χ2v) is 11.7. The second kappa shape index (κ2) is 15.3. The van der Waals surface area contributed by atoms with E-state index in [9.17, 15) is 18.0 Å². The Hall–Kier alpha value is -4.05. The Balaban J connectivity index is 2.11. The number of hydrogen-bond acceptors (Lipinski definition) is 6. The van der Waals surface area contributed by atoms with Gasteiger partial charge in [0.1, 0.15) is 24.1 Å². The molecule has 0 aromatic heterocycles. The third kappa shape index (κ3) is 8.03. The van der Waals surface area contributed by atoms with Crippen molar-refractivity contribution in [2.75, 3.05) is 24.6 Å². The molecule has 0 aliphatic heterocycles. The molecule has 2 atom stereocenters. The summed E-state index contributed by atoms with van der Waals surface area (Å²) in [6, 6.07) is 21.0. The number of ether oxygens (including phenoxy) is 2. The molecule has 9 nitrogen and oxygen atoms in total. The van der Waals surface area contributed by atoms with E-state index in [0.29, 0.717) is 24.5 Å². The van der Waals surface area contributed by atoms with Crippen molar-refractivity contribution >= 4 is 27.5 Å². The van der Waals surface area contributed by atoms with Gasteiger partial charge < -0.3 is 19.7 Å². The molecular weight excluding hydrogens is 554 g/mol. The van der Waals surface area contributed by atoms with Crippen molar-refractivity contribution in [1.29, 1.82) is 0 Å². The van der Waals surface area contributed by atoms with Gasteiger partial charge >= 0.3 is 0 Å². The van der Waals surface area contributed by atoms with Gasteiger partial charge in [-0.2, -0.15) is 0 Å². The van der Waals surface area contributed by atoms with Crippen molar-refractivity contribution in [3.05, 3.63) is 84.4 Å². The average molecular weight is 596 g/mol. The first-order valence-electron chi connectivity index (χ1n) is 14.2. The lowest BCUT2D eigenvalue weighted by Crippen LogP contribution is -2.53. The lowest BCUT2D eigenvalue weighted by Gasteiger charge is -2.34. The van der Waals surface area contributed by atoms with Crippen LogP contribution in [0.5, 0.6) is 11.5 Å². The molecule has 3 rings (SSSR count). The molecule has 0 saturated heterocycles. The fraction of sp³-hybridized carbons (Fsp3) is 0.375. The molecule has 3 aromatic rings. The van der Waals surface area contributed by atoms with E-state index in [-0.39, 0.29) is 29.1 Å². The minimum atomic E-state index is -4.20. The molecule has 3 aromatic carbocycles. The lowest BCUT2D eigenvalue weighted by atomic mass is 10.1. The van der Waals surface area contributed by atoms with Gasteiger partial charge in [0.25, 0.3) is 10.0 Å². The van der Waals surface area contributed by atoms with E-state index >= 15 is 0 Å². The van der Waals surface area contributed by atoms with Crippen LogP contribution in [0.25, 0.3) is 0 Å². The summed E-state index contributed by atoms with van der Waals surface area (Å²) in [6.45, 7) is 7.34. The minimum absolute atomic E-state index is 0.0324. The number of amides is 2. The number of hydrogen-bond donors (Lipinski definition) is 1. The van der Waals surface area contributed by atoms with E-state index < -0.39 is 28.5 Å². The Morgan fingerprint density at radius 3 is 2.24 bits per heavy atom. The number of nitrogens with zero attached hydrogens (tertiary/aromatic N) is 2. The molecule has 10 heteroatoms. The third-order valence-corrected chi connectivity index (χ3v) is 8.69. The van der Waals surface area contributed by atoms with Crippen LogP contribution in [0.15, 0.2) is 83.8 Å². The molecule has 0 radical (unpaired) electrons. The van der Waals surface area contributed by atoms with Crippen LogP contribution in [0.1, 0.15) is 46.1 Å². The van der Waals surface area contributed by atoms with Gasteiger partial charge in [0.2, 0.25) is 11.8 Å². The molecule has 226 valence electrons. The van der Waals surface area contributed by atoms with E-state index in [0.717, 1.165) is 16.3 Å². The number of sulfonamides is 1. The highest BCUT2D eigenvalue weighted by Crippen LogP contribution is 2.33. The Morgan fingerprint density at radius 2 is 1.60 bits per heavy atom. The number of methoxy groups -OCH3 is 1. The summed E-state index contributed by atoms with van der Waals surface area (Å²) >= 11 is 0. The van der Waals surface area contributed by atoms with Gasteiger partial charge in [-0.1, -0.05) is 56.3 Å². The first-order valence-corrected chi connectivity index (χ1v) is 15.6.